The smallest absolute Gasteiger partial charge is 0.252 e. The van der Waals surface area contributed by atoms with Gasteiger partial charge in [-0.3, -0.25) is 4.79 Å². The van der Waals surface area contributed by atoms with E-state index in [1.165, 1.54) is 11.1 Å². The molecule has 1 aromatic rings. The lowest BCUT2D eigenvalue weighted by atomic mass is 9.95. The summed E-state index contributed by atoms with van der Waals surface area (Å²) in [6, 6.07) is 8.36. The van der Waals surface area contributed by atoms with E-state index >= 15 is 0 Å². The third-order valence-corrected chi connectivity index (χ3v) is 4.94. The van der Waals surface area contributed by atoms with E-state index < -0.39 is 5.60 Å². The van der Waals surface area contributed by atoms with Crippen LogP contribution in [-0.4, -0.2) is 34.7 Å². The fourth-order valence-corrected chi connectivity index (χ4v) is 3.53. The lowest BCUT2D eigenvalue weighted by Crippen LogP contribution is -2.49. The van der Waals surface area contributed by atoms with Crippen LogP contribution in [0.4, 0.5) is 0 Å². The molecule has 1 atom stereocenters. The van der Waals surface area contributed by atoms with Gasteiger partial charge in [-0.2, -0.15) is 11.8 Å². The number of benzene rings is 1. The summed E-state index contributed by atoms with van der Waals surface area (Å²) in [6.45, 7) is 4.72. The van der Waals surface area contributed by atoms with Crippen LogP contribution in [0.5, 0.6) is 0 Å². The molecule has 1 aromatic carbocycles. The molecule has 3 nitrogen and oxygen atoms in total. The number of nitrogens with one attached hydrogen (secondary N) is 1. The molecule has 1 fully saturated rings. The predicted molar refractivity (Wildman–Crippen MR) is 84.1 cm³/mol. The van der Waals surface area contributed by atoms with Crippen molar-refractivity contribution in [3.05, 3.63) is 35.4 Å². The second-order valence-electron chi connectivity index (χ2n) is 5.67. The number of rotatable bonds is 4. The van der Waals surface area contributed by atoms with Gasteiger partial charge in [0.05, 0.1) is 0 Å². The van der Waals surface area contributed by atoms with Gasteiger partial charge in [0, 0.05) is 6.54 Å². The minimum absolute atomic E-state index is 0.211. The van der Waals surface area contributed by atoms with E-state index in [1.54, 1.807) is 11.8 Å². The average Bonchev–Trinajstić information content (AvgIpc) is 2.46. The first-order valence-corrected chi connectivity index (χ1v) is 8.32. The number of aryl methyl sites for hydroxylation is 1. The Morgan fingerprint density at radius 3 is 2.55 bits per heavy atom. The Labute approximate surface area is 125 Å². The van der Waals surface area contributed by atoms with Gasteiger partial charge >= 0.3 is 0 Å². The Morgan fingerprint density at radius 2 is 1.95 bits per heavy atom. The highest BCUT2D eigenvalue weighted by molar-refractivity contribution is 7.99. The van der Waals surface area contributed by atoms with Crippen LogP contribution in [-0.2, 0) is 4.79 Å². The largest absolute Gasteiger partial charge is 0.380 e. The van der Waals surface area contributed by atoms with E-state index in [2.05, 4.69) is 43.4 Å². The summed E-state index contributed by atoms with van der Waals surface area (Å²) in [5, 5.41) is 13.2. The highest BCUT2D eigenvalue weighted by Gasteiger charge is 2.37. The molecule has 1 aliphatic heterocycles. The molecule has 0 spiro atoms. The first-order chi connectivity index (χ1) is 9.51. The van der Waals surface area contributed by atoms with Gasteiger partial charge in [0.2, 0.25) is 0 Å². The van der Waals surface area contributed by atoms with Gasteiger partial charge in [0.1, 0.15) is 5.60 Å². The number of amides is 1. The normalized spacial score (nSPS) is 19.4. The van der Waals surface area contributed by atoms with Gasteiger partial charge < -0.3 is 10.4 Å². The fraction of sp³-hybridized carbons (Fsp3) is 0.562. The highest BCUT2D eigenvalue weighted by atomic mass is 32.2. The maximum atomic E-state index is 12.1. The molecular formula is C16H23NO2S. The van der Waals surface area contributed by atoms with Gasteiger partial charge in [-0.1, -0.05) is 36.8 Å². The summed E-state index contributed by atoms with van der Waals surface area (Å²) in [5.41, 5.74) is 1.29. The van der Waals surface area contributed by atoms with Crippen molar-refractivity contribution in [1.82, 2.24) is 5.32 Å². The molecule has 0 aliphatic carbocycles. The van der Waals surface area contributed by atoms with E-state index in [4.69, 9.17) is 0 Å². The molecular weight excluding hydrogens is 270 g/mol. The lowest BCUT2D eigenvalue weighted by molar-refractivity contribution is -0.140. The fourth-order valence-electron chi connectivity index (χ4n) is 2.36. The van der Waals surface area contributed by atoms with Crippen molar-refractivity contribution in [2.24, 2.45) is 0 Å². The number of carbonyl (C=O) groups excluding carboxylic acids is 1. The summed E-state index contributed by atoms with van der Waals surface area (Å²) < 4.78 is 0. The van der Waals surface area contributed by atoms with E-state index in [1.807, 2.05) is 0 Å². The molecule has 0 radical (unpaired) electrons. The minimum atomic E-state index is -1.15. The van der Waals surface area contributed by atoms with E-state index in [0.29, 0.717) is 19.4 Å². The van der Waals surface area contributed by atoms with Crippen LogP contribution in [0.15, 0.2) is 24.3 Å². The Bertz CT molecular complexity index is 452. The van der Waals surface area contributed by atoms with E-state index in [-0.39, 0.29) is 11.8 Å². The second-order valence-corrected chi connectivity index (χ2v) is 6.89. The third-order valence-electron chi connectivity index (χ3n) is 3.96. The van der Waals surface area contributed by atoms with Gasteiger partial charge in [0.15, 0.2) is 0 Å². The summed E-state index contributed by atoms with van der Waals surface area (Å²) in [4.78, 5) is 12.1. The van der Waals surface area contributed by atoms with Gasteiger partial charge in [0.25, 0.3) is 5.91 Å². The maximum absolute atomic E-state index is 12.1. The standard InChI is InChI=1S/C16H23NO2S/c1-12-3-5-14(6-4-12)13(2)11-17-15(18)16(19)7-9-20-10-8-16/h3-6,13,19H,7-11H2,1-2H3,(H,17,18). The summed E-state index contributed by atoms with van der Waals surface area (Å²) in [6.07, 6.45) is 1.12. The molecule has 1 heterocycles. The van der Waals surface area contributed by atoms with Gasteiger partial charge in [-0.15, -0.1) is 0 Å². The molecule has 1 unspecified atom stereocenters. The van der Waals surface area contributed by atoms with Crippen molar-refractivity contribution in [3.8, 4) is 0 Å². The average molecular weight is 293 g/mol. The van der Waals surface area contributed by atoms with E-state index in [0.717, 1.165) is 11.5 Å². The quantitative estimate of drug-likeness (QED) is 0.896. The Hall–Kier alpha value is -1.00. The zero-order valence-electron chi connectivity index (χ0n) is 12.2. The Kier molecular flexibility index (Phi) is 5.11. The molecule has 1 amide bonds. The van der Waals surface area contributed by atoms with Crippen molar-refractivity contribution in [2.75, 3.05) is 18.1 Å². The van der Waals surface area contributed by atoms with Crippen molar-refractivity contribution >= 4 is 17.7 Å². The molecule has 4 heteroatoms. The molecule has 1 aliphatic rings. The number of aliphatic hydroxyl groups is 1. The first-order valence-electron chi connectivity index (χ1n) is 7.16. The van der Waals surface area contributed by atoms with Crippen molar-refractivity contribution in [1.29, 1.82) is 0 Å². The topological polar surface area (TPSA) is 49.3 Å². The van der Waals surface area contributed by atoms with Crippen molar-refractivity contribution < 1.29 is 9.90 Å². The second kappa shape index (κ2) is 6.64. The number of thioether (sulfide) groups is 1. The number of hydrogen-bond acceptors (Lipinski definition) is 3. The van der Waals surface area contributed by atoms with Crippen LogP contribution in [0, 0.1) is 6.92 Å². The SMILES string of the molecule is Cc1ccc(C(C)CNC(=O)C2(O)CCSCC2)cc1. The lowest BCUT2D eigenvalue weighted by Gasteiger charge is -2.30. The third kappa shape index (κ3) is 3.76. The zero-order valence-corrected chi connectivity index (χ0v) is 13.0. The maximum Gasteiger partial charge on any atom is 0.252 e. The zero-order chi connectivity index (χ0) is 14.6. The van der Waals surface area contributed by atoms with Crippen molar-refractivity contribution in [2.45, 2.75) is 38.2 Å². The van der Waals surface area contributed by atoms with Crippen LogP contribution in [0.2, 0.25) is 0 Å². The van der Waals surface area contributed by atoms with Crippen LogP contribution in [0.3, 0.4) is 0 Å². The predicted octanol–water partition coefficient (Wildman–Crippen LogP) is 2.47. The summed E-state index contributed by atoms with van der Waals surface area (Å²) >= 11 is 1.80. The molecule has 0 aromatic heterocycles. The summed E-state index contributed by atoms with van der Waals surface area (Å²) in [7, 11) is 0. The highest BCUT2D eigenvalue weighted by Crippen LogP contribution is 2.27. The number of carbonyl (C=O) groups is 1. The minimum Gasteiger partial charge on any atom is -0.380 e. The van der Waals surface area contributed by atoms with Crippen LogP contribution < -0.4 is 5.32 Å². The molecule has 0 bridgehead atoms. The molecule has 0 saturated carbocycles. The van der Waals surface area contributed by atoms with Crippen LogP contribution in [0.25, 0.3) is 0 Å². The van der Waals surface area contributed by atoms with Crippen LogP contribution >= 0.6 is 11.8 Å². The molecule has 2 rings (SSSR count). The molecule has 2 N–H and O–H groups in total. The molecule has 1 saturated heterocycles. The molecule has 110 valence electrons. The first kappa shape index (κ1) is 15.4. The summed E-state index contributed by atoms with van der Waals surface area (Å²) in [5.74, 6) is 1.76. The Morgan fingerprint density at radius 1 is 1.35 bits per heavy atom. The van der Waals surface area contributed by atoms with Gasteiger partial charge in [-0.05, 0) is 42.8 Å². The van der Waals surface area contributed by atoms with Gasteiger partial charge in [-0.25, -0.2) is 0 Å². The number of hydrogen-bond donors (Lipinski definition) is 2. The molecule has 20 heavy (non-hydrogen) atoms. The van der Waals surface area contributed by atoms with Crippen LogP contribution in [0.1, 0.15) is 36.8 Å². The monoisotopic (exact) mass is 293 g/mol. The Balaban J connectivity index is 1.88. The van der Waals surface area contributed by atoms with Crippen molar-refractivity contribution in [3.63, 3.8) is 0 Å². The van der Waals surface area contributed by atoms with E-state index in [9.17, 15) is 9.90 Å².